The van der Waals surface area contributed by atoms with E-state index < -0.39 is 24.0 Å². The first-order chi connectivity index (χ1) is 8.60. The van der Waals surface area contributed by atoms with E-state index in [1.165, 1.54) is 7.11 Å². The van der Waals surface area contributed by atoms with Gasteiger partial charge in [0.25, 0.3) is 0 Å². The largest absolute Gasteiger partial charge is 0.480 e. The zero-order valence-corrected chi connectivity index (χ0v) is 10.4. The molecule has 0 spiro atoms. The molecule has 1 aromatic carbocycles. The molecule has 5 nitrogen and oxygen atoms in total. The van der Waals surface area contributed by atoms with Gasteiger partial charge in [0.2, 0.25) is 0 Å². The van der Waals surface area contributed by atoms with E-state index in [1.54, 1.807) is 31.2 Å². The number of nitrogens with one attached hydrogen (secondary N) is 1. The molecule has 0 fully saturated rings. The molecule has 98 valence electrons. The van der Waals surface area contributed by atoms with Crippen LogP contribution in [0.5, 0.6) is 0 Å². The number of benzene rings is 1. The van der Waals surface area contributed by atoms with Crippen LogP contribution in [-0.2, 0) is 14.3 Å². The van der Waals surface area contributed by atoms with Crippen LogP contribution >= 0.6 is 0 Å². The van der Waals surface area contributed by atoms with Gasteiger partial charge in [-0.25, -0.2) is 4.79 Å². The summed E-state index contributed by atoms with van der Waals surface area (Å²) < 4.78 is 4.70. The summed E-state index contributed by atoms with van der Waals surface area (Å²) in [5.74, 6) is -1.48. The van der Waals surface area contributed by atoms with Gasteiger partial charge < -0.3 is 9.84 Å². The molecule has 0 radical (unpaired) electrons. The molecule has 0 aliphatic rings. The maximum atomic E-state index is 11.7. The Morgan fingerprint density at radius 3 is 2.39 bits per heavy atom. The summed E-state index contributed by atoms with van der Waals surface area (Å²) in [7, 11) is 1.28. The van der Waals surface area contributed by atoms with Crippen LogP contribution in [0.3, 0.4) is 0 Å². The van der Waals surface area contributed by atoms with Crippen molar-refractivity contribution in [1.82, 2.24) is 5.32 Å². The summed E-state index contributed by atoms with van der Waals surface area (Å²) in [6, 6.07) is 7.36. The van der Waals surface area contributed by atoms with Crippen molar-refractivity contribution in [2.24, 2.45) is 0 Å². The van der Waals surface area contributed by atoms with Crippen LogP contribution in [-0.4, -0.2) is 30.2 Å². The summed E-state index contributed by atoms with van der Waals surface area (Å²) >= 11 is 0. The number of hydrogen-bond acceptors (Lipinski definition) is 4. The zero-order chi connectivity index (χ0) is 13.5. The van der Waals surface area contributed by atoms with Crippen molar-refractivity contribution < 1.29 is 19.4 Å². The van der Waals surface area contributed by atoms with Crippen LogP contribution in [0.1, 0.15) is 24.9 Å². The van der Waals surface area contributed by atoms with Crippen LogP contribution in [0, 0.1) is 0 Å². The lowest BCUT2D eigenvalue weighted by Crippen LogP contribution is -2.42. The molecule has 0 amide bonds. The number of ether oxygens (including phenoxy) is 1. The molecule has 1 rings (SSSR count). The van der Waals surface area contributed by atoms with Crippen molar-refractivity contribution in [3.05, 3.63) is 35.9 Å². The lowest BCUT2D eigenvalue weighted by atomic mass is 10.1. The van der Waals surface area contributed by atoms with Gasteiger partial charge in [0.15, 0.2) is 0 Å². The van der Waals surface area contributed by atoms with E-state index in [1.807, 2.05) is 6.07 Å². The Balaban J connectivity index is 2.93. The van der Waals surface area contributed by atoms with Gasteiger partial charge in [-0.2, -0.15) is 0 Å². The number of carbonyl (C=O) groups excluding carboxylic acids is 1. The Kier molecular flexibility index (Phi) is 5.32. The highest BCUT2D eigenvalue weighted by Gasteiger charge is 2.26. The van der Waals surface area contributed by atoms with Crippen molar-refractivity contribution >= 4 is 11.9 Å². The molecule has 0 aromatic heterocycles. The second kappa shape index (κ2) is 6.76. The average molecular weight is 251 g/mol. The fraction of sp³-hybridized carbons (Fsp3) is 0.385. The van der Waals surface area contributed by atoms with Crippen LogP contribution < -0.4 is 5.32 Å². The summed E-state index contributed by atoms with van der Waals surface area (Å²) in [6.45, 7) is 1.74. The van der Waals surface area contributed by atoms with Gasteiger partial charge in [-0.1, -0.05) is 37.3 Å². The van der Waals surface area contributed by atoms with Gasteiger partial charge in [-0.3, -0.25) is 10.1 Å². The van der Waals surface area contributed by atoms with Crippen LogP contribution in [0.4, 0.5) is 0 Å². The molecule has 0 heterocycles. The fourth-order valence-electron chi connectivity index (χ4n) is 1.63. The first kappa shape index (κ1) is 14.2. The van der Waals surface area contributed by atoms with Crippen molar-refractivity contribution in [2.45, 2.75) is 25.4 Å². The number of carbonyl (C=O) groups is 2. The molecule has 0 bridgehead atoms. The molecule has 0 aliphatic heterocycles. The molecule has 18 heavy (non-hydrogen) atoms. The molecule has 0 saturated carbocycles. The van der Waals surface area contributed by atoms with E-state index >= 15 is 0 Å². The van der Waals surface area contributed by atoms with E-state index in [0.29, 0.717) is 12.0 Å². The molecule has 0 aliphatic carbocycles. The van der Waals surface area contributed by atoms with E-state index in [4.69, 9.17) is 9.84 Å². The van der Waals surface area contributed by atoms with E-state index in [0.717, 1.165) is 0 Å². The molecule has 0 saturated heterocycles. The highest BCUT2D eigenvalue weighted by Crippen LogP contribution is 2.15. The normalized spacial score (nSPS) is 13.7. The van der Waals surface area contributed by atoms with E-state index in [-0.39, 0.29) is 0 Å². The van der Waals surface area contributed by atoms with Gasteiger partial charge >= 0.3 is 11.9 Å². The predicted octanol–water partition coefficient (Wildman–Crippen LogP) is 1.35. The SMILES string of the molecule is CCC(NC(C(=O)OC)c1ccccc1)C(=O)O. The van der Waals surface area contributed by atoms with Crippen LogP contribution in [0.25, 0.3) is 0 Å². The van der Waals surface area contributed by atoms with E-state index in [2.05, 4.69) is 5.32 Å². The maximum absolute atomic E-state index is 11.7. The van der Waals surface area contributed by atoms with Crippen molar-refractivity contribution in [1.29, 1.82) is 0 Å². The number of aliphatic carboxylic acids is 1. The molecule has 5 heteroatoms. The summed E-state index contributed by atoms with van der Waals surface area (Å²) in [4.78, 5) is 22.7. The smallest absolute Gasteiger partial charge is 0.327 e. The number of esters is 1. The van der Waals surface area contributed by atoms with Crippen LogP contribution in [0.15, 0.2) is 30.3 Å². The highest BCUT2D eigenvalue weighted by atomic mass is 16.5. The fourth-order valence-corrected chi connectivity index (χ4v) is 1.63. The quantitative estimate of drug-likeness (QED) is 0.746. The number of rotatable bonds is 6. The average Bonchev–Trinajstić information content (AvgIpc) is 2.39. The maximum Gasteiger partial charge on any atom is 0.327 e. The standard InChI is InChI=1S/C13H17NO4/c1-3-10(12(15)16)14-11(13(17)18-2)9-7-5-4-6-8-9/h4-8,10-11,14H,3H2,1-2H3,(H,15,16). The zero-order valence-electron chi connectivity index (χ0n) is 10.4. The summed E-state index contributed by atoms with van der Waals surface area (Å²) in [5, 5.41) is 11.8. The molecular weight excluding hydrogens is 234 g/mol. The Morgan fingerprint density at radius 2 is 1.94 bits per heavy atom. The summed E-state index contributed by atoms with van der Waals surface area (Å²) in [6.07, 6.45) is 0.385. The third kappa shape index (κ3) is 3.56. The molecule has 2 N–H and O–H groups in total. The van der Waals surface area contributed by atoms with E-state index in [9.17, 15) is 9.59 Å². The van der Waals surface area contributed by atoms with Gasteiger partial charge in [-0.15, -0.1) is 0 Å². The Labute approximate surface area is 106 Å². The third-order valence-corrected chi connectivity index (χ3v) is 2.64. The molecule has 1 aromatic rings. The number of carboxylic acid groups (broad SMARTS) is 1. The molecular formula is C13H17NO4. The minimum Gasteiger partial charge on any atom is -0.480 e. The minimum absolute atomic E-state index is 0.385. The van der Waals surface area contributed by atoms with Crippen molar-refractivity contribution in [2.75, 3.05) is 7.11 Å². The number of carboxylic acids is 1. The molecule has 2 atom stereocenters. The number of hydrogen-bond donors (Lipinski definition) is 2. The number of methoxy groups -OCH3 is 1. The van der Waals surface area contributed by atoms with Gasteiger partial charge in [-0.05, 0) is 12.0 Å². The topological polar surface area (TPSA) is 75.6 Å². The first-order valence-corrected chi connectivity index (χ1v) is 5.71. The van der Waals surface area contributed by atoms with Crippen molar-refractivity contribution in [3.63, 3.8) is 0 Å². The Hall–Kier alpha value is -1.88. The lowest BCUT2D eigenvalue weighted by molar-refractivity contribution is -0.145. The highest BCUT2D eigenvalue weighted by molar-refractivity contribution is 5.79. The first-order valence-electron chi connectivity index (χ1n) is 5.71. The Morgan fingerprint density at radius 1 is 1.33 bits per heavy atom. The van der Waals surface area contributed by atoms with Gasteiger partial charge in [0.1, 0.15) is 12.1 Å². The second-order valence-corrected chi connectivity index (χ2v) is 3.83. The Bertz CT molecular complexity index is 405. The monoisotopic (exact) mass is 251 g/mol. The predicted molar refractivity (Wildman–Crippen MR) is 66.0 cm³/mol. The van der Waals surface area contributed by atoms with Gasteiger partial charge in [0.05, 0.1) is 7.11 Å². The van der Waals surface area contributed by atoms with Crippen LogP contribution in [0.2, 0.25) is 0 Å². The minimum atomic E-state index is -0.984. The molecule has 2 unspecified atom stereocenters. The van der Waals surface area contributed by atoms with Gasteiger partial charge in [0, 0.05) is 0 Å². The summed E-state index contributed by atoms with van der Waals surface area (Å²) in [5.41, 5.74) is 0.684. The second-order valence-electron chi connectivity index (χ2n) is 3.83. The third-order valence-electron chi connectivity index (χ3n) is 2.64. The lowest BCUT2D eigenvalue weighted by Gasteiger charge is -2.20. The van der Waals surface area contributed by atoms with Crippen molar-refractivity contribution in [3.8, 4) is 0 Å².